The predicted molar refractivity (Wildman–Crippen MR) is 116 cm³/mol. The number of nitrogens with zero attached hydrogens (tertiary/aromatic N) is 3. The molecule has 0 aliphatic rings. The van der Waals surface area contributed by atoms with Gasteiger partial charge in [-0.05, 0) is 48.5 Å². The maximum atomic E-state index is 6.18. The molecule has 0 fully saturated rings. The topological polar surface area (TPSA) is 73.1 Å². The third-order valence-corrected chi connectivity index (χ3v) is 4.93. The van der Waals surface area contributed by atoms with E-state index < -0.39 is 0 Å². The Morgan fingerprint density at radius 3 is 2.76 bits per heavy atom. The van der Waals surface area contributed by atoms with Crippen LogP contribution in [-0.4, -0.2) is 22.2 Å². The van der Waals surface area contributed by atoms with E-state index in [2.05, 4.69) is 36.4 Å². The zero-order valence-corrected chi connectivity index (χ0v) is 17.7. The quantitative estimate of drug-likeness (QED) is 0.373. The molecule has 0 amide bonds. The van der Waals surface area contributed by atoms with Gasteiger partial charge in [-0.25, -0.2) is 4.98 Å². The fourth-order valence-electron chi connectivity index (χ4n) is 2.78. The summed E-state index contributed by atoms with van der Waals surface area (Å²) < 4.78 is 12.5. The Kier molecular flexibility index (Phi) is 5.78. The first-order valence-corrected chi connectivity index (χ1v) is 9.97. The first-order chi connectivity index (χ1) is 14.1. The van der Waals surface area contributed by atoms with Crippen molar-refractivity contribution < 1.29 is 9.26 Å². The minimum Gasteiger partial charge on any atom is -0.457 e. The standard InChI is InChI=1S/C21H16BrClN4O2/c1-24-20-17(3-2-10-25-20)21-26-19(29-27-21)11-13-4-7-15(23)12-18(13)28-16-8-5-14(22)6-9-16/h2-10,12H,11H2,1H3,(H,24,25). The van der Waals surface area contributed by atoms with Gasteiger partial charge in [0.15, 0.2) is 0 Å². The van der Waals surface area contributed by atoms with E-state index in [-0.39, 0.29) is 0 Å². The van der Waals surface area contributed by atoms with Crippen LogP contribution in [0.2, 0.25) is 5.02 Å². The minimum absolute atomic E-state index is 0.408. The lowest BCUT2D eigenvalue weighted by molar-refractivity contribution is 0.383. The van der Waals surface area contributed by atoms with Gasteiger partial charge in [0.25, 0.3) is 0 Å². The monoisotopic (exact) mass is 470 g/mol. The molecule has 0 radical (unpaired) electrons. The maximum absolute atomic E-state index is 6.18. The summed E-state index contributed by atoms with van der Waals surface area (Å²) in [7, 11) is 1.80. The molecule has 0 saturated heterocycles. The van der Waals surface area contributed by atoms with Gasteiger partial charge in [-0.15, -0.1) is 0 Å². The number of hydrogen-bond donors (Lipinski definition) is 1. The number of anilines is 1. The molecule has 0 spiro atoms. The molecule has 0 atom stereocenters. The van der Waals surface area contributed by atoms with Crippen LogP contribution in [0.4, 0.5) is 5.82 Å². The van der Waals surface area contributed by atoms with Crippen molar-refractivity contribution in [1.29, 1.82) is 0 Å². The average Bonchev–Trinajstić information content (AvgIpc) is 3.20. The van der Waals surface area contributed by atoms with Gasteiger partial charge in [-0.3, -0.25) is 0 Å². The van der Waals surface area contributed by atoms with Crippen LogP contribution in [0.15, 0.2) is 69.8 Å². The van der Waals surface area contributed by atoms with E-state index in [4.69, 9.17) is 20.9 Å². The SMILES string of the molecule is CNc1ncccc1-c1noc(Cc2ccc(Cl)cc2Oc2ccc(Br)cc2)n1. The van der Waals surface area contributed by atoms with E-state index in [1.165, 1.54) is 0 Å². The summed E-state index contributed by atoms with van der Waals surface area (Å²) in [4.78, 5) is 8.79. The third kappa shape index (κ3) is 4.58. The Hall–Kier alpha value is -2.90. The Bertz CT molecular complexity index is 1130. The van der Waals surface area contributed by atoms with E-state index in [0.717, 1.165) is 15.6 Å². The smallest absolute Gasteiger partial charge is 0.231 e. The Labute approximate surface area is 181 Å². The van der Waals surface area contributed by atoms with Gasteiger partial charge in [0.2, 0.25) is 11.7 Å². The molecule has 0 aliphatic carbocycles. The molecule has 4 aromatic rings. The number of aromatic nitrogens is 3. The largest absolute Gasteiger partial charge is 0.457 e. The summed E-state index contributed by atoms with van der Waals surface area (Å²) in [5, 5.41) is 7.71. The Balaban J connectivity index is 1.60. The highest BCUT2D eigenvalue weighted by Gasteiger charge is 2.15. The molecule has 6 nitrogen and oxygen atoms in total. The predicted octanol–water partition coefficient (Wildman–Crippen LogP) is 5.97. The summed E-state index contributed by atoms with van der Waals surface area (Å²) in [5.41, 5.74) is 1.65. The van der Waals surface area contributed by atoms with Gasteiger partial charge in [0, 0.05) is 28.3 Å². The van der Waals surface area contributed by atoms with Crippen molar-refractivity contribution in [2.24, 2.45) is 0 Å². The van der Waals surface area contributed by atoms with Crippen LogP contribution in [-0.2, 0) is 6.42 Å². The number of halogens is 2. The summed E-state index contributed by atoms with van der Waals surface area (Å²) in [5.74, 6) is 2.97. The van der Waals surface area contributed by atoms with Crippen LogP contribution in [0.25, 0.3) is 11.4 Å². The van der Waals surface area contributed by atoms with Crippen molar-refractivity contribution in [3.8, 4) is 22.9 Å². The highest BCUT2D eigenvalue weighted by molar-refractivity contribution is 9.10. The fraction of sp³-hybridized carbons (Fsp3) is 0.0952. The lowest BCUT2D eigenvalue weighted by Crippen LogP contribution is -1.96. The van der Waals surface area contributed by atoms with Crippen molar-refractivity contribution >= 4 is 33.3 Å². The lowest BCUT2D eigenvalue weighted by Gasteiger charge is -2.10. The molecule has 0 bridgehead atoms. The summed E-state index contributed by atoms with van der Waals surface area (Å²) in [6.45, 7) is 0. The second-order valence-corrected chi connectivity index (χ2v) is 7.50. The van der Waals surface area contributed by atoms with Crippen molar-refractivity contribution in [3.05, 3.63) is 81.7 Å². The van der Waals surface area contributed by atoms with Crippen LogP contribution < -0.4 is 10.1 Å². The summed E-state index contributed by atoms with van der Waals surface area (Å²) >= 11 is 9.60. The third-order valence-electron chi connectivity index (χ3n) is 4.17. The molecular weight excluding hydrogens is 456 g/mol. The second kappa shape index (κ2) is 8.63. The molecule has 29 heavy (non-hydrogen) atoms. The first-order valence-electron chi connectivity index (χ1n) is 8.80. The van der Waals surface area contributed by atoms with E-state index in [1.807, 2.05) is 48.5 Å². The number of pyridine rings is 1. The molecule has 2 heterocycles. The van der Waals surface area contributed by atoms with Crippen molar-refractivity contribution in [3.63, 3.8) is 0 Å². The minimum atomic E-state index is 0.408. The molecule has 0 unspecified atom stereocenters. The van der Waals surface area contributed by atoms with Gasteiger partial charge in [0.1, 0.15) is 17.3 Å². The van der Waals surface area contributed by atoms with Crippen LogP contribution in [0, 0.1) is 0 Å². The van der Waals surface area contributed by atoms with Crippen molar-refractivity contribution in [2.45, 2.75) is 6.42 Å². The highest BCUT2D eigenvalue weighted by Crippen LogP contribution is 2.31. The van der Waals surface area contributed by atoms with Crippen LogP contribution in [0.1, 0.15) is 11.5 Å². The normalized spacial score (nSPS) is 10.7. The van der Waals surface area contributed by atoms with Crippen LogP contribution in [0.3, 0.4) is 0 Å². The molecular formula is C21H16BrClN4O2. The van der Waals surface area contributed by atoms with Gasteiger partial charge in [0.05, 0.1) is 12.0 Å². The summed E-state index contributed by atoms with van der Waals surface area (Å²) in [6.07, 6.45) is 2.11. The zero-order valence-electron chi connectivity index (χ0n) is 15.4. The summed E-state index contributed by atoms with van der Waals surface area (Å²) in [6, 6.07) is 16.8. The van der Waals surface area contributed by atoms with E-state index in [0.29, 0.717) is 40.5 Å². The first kappa shape index (κ1) is 19.4. The molecule has 2 aromatic heterocycles. The van der Waals surface area contributed by atoms with E-state index >= 15 is 0 Å². The van der Waals surface area contributed by atoms with E-state index in [9.17, 15) is 0 Å². The second-order valence-electron chi connectivity index (χ2n) is 6.15. The van der Waals surface area contributed by atoms with Crippen LogP contribution in [0.5, 0.6) is 11.5 Å². The van der Waals surface area contributed by atoms with Crippen molar-refractivity contribution in [1.82, 2.24) is 15.1 Å². The molecule has 146 valence electrons. The van der Waals surface area contributed by atoms with E-state index in [1.54, 1.807) is 19.3 Å². The number of nitrogens with one attached hydrogen (secondary N) is 1. The number of rotatable bonds is 6. The van der Waals surface area contributed by atoms with Gasteiger partial charge < -0.3 is 14.6 Å². The van der Waals surface area contributed by atoms with Gasteiger partial charge >= 0.3 is 0 Å². The average molecular weight is 472 g/mol. The lowest BCUT2D eigenvalue weighted by atomic mass is 10.1. The number of hydrogen-bond acceptors (Lipinski definition) is 6. The van der Waals surface area contributed by atoms with Gasteiger partial charge in [-0.1, -0.05) is 38.8 Å². The molecule has 2 aromatic carbocycles. The molecule has 4 rings (SSSR count). The number of ether oxygens (including phenoxy) is 1. The highest BCUT2D eigenvalue weighted by atomic mass is 79.9. The van der Waals surface area contributed by atoms with Crippen molar-refractivity contribution in [2.75, 3.05) is 12.4 Å². The molecule has 0 aliphatic heterocycles. The fourth-order valence-corrected chi connectivity index (χ4v) is 3.21. The van der Waals surface area contributed by atoms with Crippen LogP contribution >= 0.6 is 27.5 Å². The molecule has 8 heteroatoms. The molecule has 1 N–H and O–H groups in total. The molecule has 0 saturated carbocycles. The Morgan fingerprint density at radius 1 is 1.14 bits per heavy atom. The zero-order chi connectivity index (χ0) is 20.2. The van der Waals surface area contributed by atoms with Gasteiger partial charge in [-0.2, -0.15) is 4.98 Å². The number of benzene rings is 2. The Morgan fingerprint density at radius 2 is 1.97 bits per heavy atom. The maximum Gasteiger partial charge on any atom is 0.231 e.